The third-order valence-electron chi connectivity index (χ3n) is 3.32. The Balaban J connectivity index is 2.45. The zero-order valence-corrected chi connectivity index (χ0v) is 10.5. The first-order valence-electron chi connectivity index (χ1n) is 6.26. The van der Waals surface area contributed by atoms with Crippen molar-refractivity contribution in [3.05, 3.63) is 0 Å². The summed E-state index contributed by atoms with van der Waals surface area (Å²) < 4.78 is 0. The van der Waals surface area contributed by atoms with Gasteiger partial charge in [-0.15, -0.1) is 0 Å². The van der Waals surface area contributed by atoms with Crippen molar-refractivity contribution in [2.45, 2.75) is 45.1 Å². The van der Waals surface area contributed by atoms with E-state index >= 15 is 0 Å². The van der Waals surface area contributed by atoms with E-state index in [-0.39, 0.29) is 0 Å². The van der Waals surface area contributed by atoms with E-state index in [1.165, 1.54) is 44.0 Å². The molecule has 0 aliphatic carbocycles. The molecule has 0 radical (unpaired) electrons. The maximum atomic E-state index is 2.67. The molecule has 1 heterocycles. The van der Waals surface area contributed by atoms with Crippen molar-refractivity contribution >= 4 is 17.7 Å². The third kappa shape index (κ3) is 4.39. The molecule has 0 aromatic carbocycles. The van der Waals surface area contributed by atoms with Gasteiger partial charge in [-0.05, 0) is 0 Å². The Labute approximate surface area is 98.8 Å². The number of rotatable bonds is 3. The molecule has 1 atom stereocenters. The van der Waals surface area contributed by atoms with Crippen molar-refractivity contribution in [3.63, 3.8) is 0 Å². The minimum atomic E-state index is 0.531. The fourth-order valence-electron chi connectivity index (χ4n) is 2.77. The van der Waals surface area contributed by atoms with Gasteiger partial charge in [0.1, 0.15) is 0 Å². The molecule has 1 rings (SSSR count). The topological polar surface area (TPSA) is 3.24 Å². The average molecular weight is 189 g/mol. The third-order valence-corrected chi connectivity index (χ3v) is 3.32. The van der Waals surface area contributed by atoms with Crippen molar-refractivity contribution in [1.29, 1.82) is 0 Å². The van der Waals surface area contributed by atoms with E-state index in [2.05, 4.69) is 43.4 Å². The van der Waals surface area contributed by atoms with Gasteiger partial charge < -0.3 is 0 Å². The van der Waals surface area contributed by atoms with Crippen LogP contribution in [0.5, 0.6) is 0 Å². The van der Waals surface area contributed by atoms with Crippen LogP contribution in [0.4, 0.5) is 0 Å². The first-order chi connectivity index (χ1) is 6.53. The molecule has 14 heavy (non-hydrogen) atoms. The second-order valence-electron chi connectivity index (χ2n) is 5.89. The van der Waals surface area contributed by atoms with Crippen molar-refractivity contribution < 1.29 is 0 Å². The molecule has 78 valence electrons. The van der Waals surface area contributed by atoms with E-state index < -0.39 is 0 Å². The van der Waals surface area contributed by atoms with Gasteiger partial charge in [0.15, 0.2) is 0 Å². The van der Waals surface area contributed by atoms with Crippen molar-refractivity contribution in [2.75, 3.05) is 19.6 Å². The van der Waals surface area contributed by atoms with Crippen molar-refractivity contribution in [3.8, 4) is 0 Å². The molecule has 1 unspecified atom stereocenters. The molecule has 0 bridgehead atoms. The SMILES string of the molecule is [Li][CH2]CCN1CCC(C)CC(C)(C)C1. The molecule has 0 spiro atoms. The maximum absolute atomic E-state index is 2.67. The molecule has 1 saturated heterocycles. The molecule has 0 aromatic heterocycles. The minimum absolute atomic E-state index is 0.531. The first-order valence-corrected chi connectivity index (χ1v) is 6.26. The zero-order chi connectivity index (χ0) is 10.6. The number of hydrogen-bond acceptors (Lipinski definition) is 1. The zero-order valence-electron chi connectivity index (χ0n) is 10.5. The normalized spacial score (nSPS) is 28.8. The second-order valence-corrected chi connectivity index (χ2v) is 5.89. The van der Waals surface area contributed by atoms with Crippen LogP contribution in [-0.4, -0.2) is 42.2 Å². The van der Waals surface area contributed by atoms with E-state index in [0.717, 1.165) is 5.92 Å². The summed E-state index contributed by atoms with van der Waals surface area (Å²) >= 11 is 2.28. The van der Waals surface area contributed by atoms with Crippen LogP contribution in [0.25, 0.3) is 0 Å². The average Bonchev–Trinajstić information content (AvgIpc) is 2.20. The Bertz CT molecular complexity index is 168. The number of nitrogens with zero attached hydrogens (tertiary/aromatic N) is 1. The van der Waals surface area contributed by atoms with Gasteiger partial charge in [0.25, 0.3) is 0 Å². The molecule has 1 fully saturated rings. The second kappa shape index (κ2) is 5.59. The summed E-state index contributed by atoms with van der Waals surface area (Å²) in [5.74, 6) is 0.914. The van der Waals surface area contributed by atoms with Gasteiger partial charge in [-0.1, -0.05) is 0 Å². The van der Waals surface area contributed by atoms with E-state index in [1.807, 2.05) is 0 Å². The fraction of sp³-hybridized carbons (Fsp3) is 1.00. The van der Waals surface area contributed by atoms with Crippen LogP contribution >= 0.6 is 0 Å². The molecular formula is C12H24LiN. The van der Waals surface area contributed by atoms with Gasteiger partial charge in [0, 0.05) is 0 Å². The monoisotopic (exact) mass is 189 g/mol. The molecule has 0 amide bonds. The molecule has 0 aromatic rings. The summed E-state index contributed by atoms with van der Waals surface area (Å²) in [7, 11) is 0. The number of hydrogen-bond donors (Lipinski definition) is 0. The summed E-state index contributed by atoms with van der Waals surface area (Å²) in [6, 6.07) is 0. The van der Waals surface area contributed by atoms with Crippen LogP contribution in [0.15, 0.2) is 0 Å². The van der Waals surface area contributed by atoms with Gasteiger partial charge in [-0.25, -0.2) is 0 Å². The predicted molar refractivity (Wildman–Crippen MR) is 63.8 cm³/mol. The Kier molecular flexibility index (Phi) is 5.04. The van der Waals surface area contributed by atoms with Crippen LogP contribution in [0.1, 0.15) is 40.0 Å². The van der Waals surface area contributed by atoms with Crippen LogP contribution in [0.3, 0.4) is 0 Å². The Morgan fingerprint density at radius 3 is 2.79 bits per heavy atom. The molecule has 1 aliphatic heterocycles. The predicted octanol–water partition coefficient (Wildman–Crippen LogP) is 2.72. The molecule has 1 aliphatic rings. The van der Waals surface area contributed by atoms with Gasteiger partial charge in [0.2, 0.25) is 0 Å². The van der Waals surface area contributed by atoms with Gasteiger partial charge in [-0.2, -0.15) is 0 Å². The van der Waals surface area contributed by atoms with Crippen LogP contribution in [0.2, 0.25) is 5.09 Å². The van der Waals surface area contributed by atoms with Gasteiger partial charge >= 0.3 is 98.7 Å². The quantitative estimate of drug-likeness (QED) is 0.617. The molecular weight excluding hydrogens is 165 g/mol. The molecule has 2 heteroatoms. The van der Waals surface area contributed by atoms with Crippen LogP contribution in [0, 0.1) is 11.3 Å². The molecule has 0 saturated carbocycles. The molecule has 0 N–H and O–H groups in total. The van der Waals surface area contributed by atoms with E-state index in [9.17, 15) is 0 Å². The summed E-state index contributed by atoms with van der Waals surface area (Å²) in [4.78, 5) is 2.67. The fourth-order valence-corrected chi connectivity index (χ4v) is 2.77. The van der Waals surface area contributed by atoms with Gasteiger partial charge in [0.05, 0.1) is 0 Å². The summed E-state index contributed by atoms with van der Waals surface area (Å²) in [5.41, 5.74) is 0.531. The van der Waals surface area contributed by atoms with Crippen LogP contribution in [-0.2, 0) is 0 Å². The van der Waals surface area contributed by atoms with E-state index in [4.69, 9.17) is 0 Å². The molecule has 1 nitrogen and oxygen atoms in total. The summed E-state index contributed by atoms with van der Waals surface area (Å²) in [5, 5.41) is 1.33. The standard InChI is InChI=1S/C12H24N.Li/c1-5-7-13-8-6-11(2)9-12(3,4)10-13;/h11H,1,5-10H2,2-4H3;. The Morgan fingerprint density at radius 1 is 1.43 bits per heavy atom. The first kappa shape index (κ1) is 12.6. The Morgan fingerprint density at radius 2 is 2.14 bits per heavy atom. The summed E-state index contributed by atoms with van der Waals surface area (Å²) in [6.45, 7) is 11.2. The van der Waals surface area contributed by atoms with E-state index in [1.54, 1.807) is 0 Å². The van der Waals surface area contributed by atoms with Gasteiger partial charge in [-0.3, -0.25) is 0 Å². The number of likely N-dealkylation sites (tertiary alicyclic amines) is 1. The van der Waals surface area contributed by atoms with Crippen molar-refractivity contribution in [1.82, 2.24) is 4.90 Å². The van der Waals surface area contributed by atoms with E-state index in [0.29, 0.717) is 5.41 Å². The van der Waals surface area contributed by atoms with Crippen molar-refractivity contribution in [2.24, 2.45) is 11.3 Å². The Hall–Kier alpha value is 0.557. The van der Waals surface area contributed by atoms with Crippen LogP contribution < -0.4 is 0 Å². The summed E-state index contributed by atoms with van der Waals surface area (Å²) in [6.07, 6.45) is 4.16.